The molecule has 11 nitrogen and oxygen atoms in total. The van der Waals surface area contributed by atoms with Crippen molar-refractivity contribution >= 4 is 22.7 Å². The second-order valence-electron chi connectivity index (χ2n) is 16.6. The number of hydrogen-bond donors (Lipinski definition) is 2. The maximum absolute atomic E-state index is 10.2. The highest BCUT2D eigenvalue weighted by molar-refractivity contribution is 7.15. The molecule has 0 spiro atoms. The molecule has 3 aliphatic rings. The Kier molecular flexibility index (Phi) is 11.2. The van der Waals surface area contributed by atoms with Gasteiger partial charge in [-0.3, -0.25) is 14.5 Å². The molecule has 1 aliphatic carbocycles. The van der Waals surface area contributed by atoms with Crippen molar-refractivity contribution in [2.75, 3.05) is 44.7 Å². The van der Waals surface area contributed by atoms with Crippen LogP contribution in [0.1, 0.15) is 85.7 Å². The number of morpholine rings is 1. The molecule has 1 fully saturated rings. The molecule has 2 aliphatic heterocycles. The van der Waals surface area contributed by atoms with Gasteiger partial charge in [0.1, 0.15) is 41.2 Å². The highest BCUT2D eigenvalue weighted by atomic mass is 32.1. The fourth-order valence-electron chi connectivity index (χ4n) is 9.47. The molecule has 3 aromatic heterocycles. The summed E-state index contributed by atoms with van der Waals surface area (Å²) in [4.78, 5) is 13.4. The highest BCUT2D eigenvalue weighted by Gasteiger charge is 2.34. The number of fused-ring (bicyclic) bond motifs is 4. The SMILES string of the molecule is Cc1sc2c(c1C)C(c1ccc(NC[C@@H]3CN(CCOc4ccc([C@@H]5c6ccc(O)cc6CC[C@@H]5c5ccccc5)cc4)CCO3)cc1)=NC(Cc1ncco1)c1nnc(C)n1-2. The van der Waals surface area contributed by atoms with Gasteiger partial charge in [0.05, 0.1) is 31.0 Å². The molecule has 0 radical (unpaired) electrons. The van der Waals surface area contributed by atoms with Gasteiger partial charge in [-0.2, -0.15) is 0 Å². The second-order valence-corrected chi connectivity index (χ2v) is 17.8. The summed E-state index contributed by atoms with van der Waals surface area (Å²) in [6, 6.07) is 33.6. The van der Waals surface area contributed by atoms with E-state index >= 15 is 0 Å². The molecule has 5 heterocycles. The number of hydrogen-bond acceptors (Lipinski definition) is 11. The third kappa shape index (κ3) is 8.05. The lowest BCUT2D eigenvalue weighted by Gasteiger charge is -2.35. The van der Waals surface area contributed by atoms with Gasteiger partial charge in [0.15, 0.2) is 11.7 Å². The number of aromatic nitrogens is 4. The maximum atomic E-state index is 10.2. The Labute approximate surface area is 366 Å². The lowest BCUT2D eigenvalue weighted by atomic mass is 9.69. The summed E-state index contributed by atoms with van der Waals surface area (Å²) in [6.45, 7) is 10.8. The molecular formula is C50H51N7O4S. The van der Waals surface area contributed by atoms with E-state index in [4.69, 9.17) is 18.9 Å². The van der Waals surface area contributed by atoms with Crippen LogP contribution in [0.25, 0.3) is 5.00 Å². The molecule has 0 bridgehead atoms. The van der Waals surface area contributed by atoms with Crippen LogP contribution < -0.4 is 10.1 Å². The van der Waals surface area contributed by atoms with E-state index in [0.29, 0.717) is 43.7 Å². The van der Waals surface area contributed by atoms with Crippen LogP contribution in [0.4, 0.5) is 5.69 Å². The zero-order valence-corrected chi connectivity index (χ0v) is 36.1. The molecule has 62 heavy (non-hydrogen) atoms. The average Bonchev–Trinajstić information content (AvgIpc) is 4.01. The monoisotopic (exact) mass is 845 g/mol. The summed E-state index contributed by atoms with van der Waals surface area (Å²) in [5, 5.41) is 24.0. The third-order valence-electron chi connectivity index (χ3n) is 12.7. The number of rotatable bonds is 12. The van der Waals surface area contributed by atoms with Crippen molar-refractivity contribution < 1.29 is 19.0 Å². The van der Waals surface area contributed by atoms with Gasteiger partial charge in [-0.1, -0.05) is 60.7 Å². The zero-order valence-electron chi connectivity index (χ0n) is 35.3. The minimum Gasteiger partial charge on any atom is -0.508 e. The zero-order chi connectivity index (χ0) is 42.2. The highest BCUT2D eigenvalue weighted by Crippen LogP contribution is 2.47. The van der Waals surface area contributed by atoms with E-state index in [0.717, 1.165) is 77.4 Å². The summed E-state index contributed by atoms with van der Waals surface area (Å²) in [5.74, 6) is 4.03. The first-order chi connectivity index (χ1) is 30.4. The van der Waals surface area contributed by atoms with E-state index in [1.807, 2.05) is 19.1 Å². The first-order valence-corrected chi connectivity index (χ1v) is 22.4. The first kappa shape index (κ1) is 40.0. The van der Waals surface area contributed by atoms with Crippen LogP contribution >= 0.6 is 11.3 Å². The minimum atomic E-state index is -0.310. The van der Waals surface area contributed by atoms with Crippen molar-refractivity contribution in [2.24, 2.45) is 4.99 Å². The minimum absolute atomic E-state index is 0.0564. The lowest BCUT2D eigenvalue weighted by Crippen LogP contribution is -2.46. The van der Waals surface area contributed by atoms with Crippen molar-refractivity contribution in [3.63, 3.8) is 0 Å². The van der Waals surface area contributed by atoms with Gasteiger partial charge >= 0.3 is 0 Å². The van der Waals surface area contributed by atoms with Gasteiger partial charge in [-0.15, -0.1) is 21.5 Å². The number of aliphatic imine (C=N–C) groups is 1. The van der Waals surface area contributed by atoms with Crippen molar-refractivity contribution in [1.29, 1.82) is 0 Å². The molecule has 12 heteroatoms. The van der Waals surface area contributed by atoms with Gasteiger partial charge in [0.2, 0.25) is 0 Å². The predicted octanol–water partition coefficient (Wildman–Crippen LogP) is 9.14. The Balaban J connectivity index is 0.763. The second kappa shape index (κ2) is 17.4. The Bertz CT molecular complexity index is 2670. The van der Waals surface area contributed by atoms with Crippen LogP contribution in [0.2, 0.25) is 0 Å². The van der Waals surface area contributed by atoms with Crippen LogP contribution in [-0.4, -0.2) is 81.0 Å². The Morgan fingerprint density at radius 1 is 0.935 bits per heavy atom. The van der Waals surface area contributed by atoms with Crippen LogP contribution in [-0.2, 0) is 17.6 Å². The predicted molar refractivity (Wildman–Crippen MR) is 243 cm³/mol. The van der Waals surface area contributed by atoms with E-state index in [9.17, 15) is 5.11 Å². The first-order valence-electron chi connectivity index (χ1n) is 21.6. The number of aromatic hydroxyl groups is 1. The fourth-order valence-corrected chi connectivity index (χ4v) is 10.7. The van der Waals surface area contributed by atoms with Crippen molar-refractivity contribution in [3.05, 3.63) is 171 Å². The number of phenols is 1. The van der Waals surface area contributed by atoms with E-state index in [1.54, 1.807) is 23.8 Å². The summed E-state index contributed by atoms with van der Waals surface area (Å²) >= 11 is 1.75. The number of nitrogens with one attached hydrogen (secondary N) is 1. The van der Waals surface area contributed by atoms with E-state index in [-0.39, 0.29) is 18.1 Å². The molecule has 4 atom stereocenters. The number of aryl methyl sites for hydroxylation is 3. The number of oxazole rings is 1. The smallest absolute Gasteiger partial charge is 0.196 e. The topological polar surface area (TPSA) is 123 Å². The van der Waals surface area contributed by atoms with Crippen LogP contribution in [0.5, 0.6) is 11.5 Å². The average molecular weight is 846 g/mol. The maximum Gasteiger partial charge on any atom is 0.196 e. The van der Waals surface area contributed by atoms with Gasteiger partial charge in [-0.05, 0) is 104 Å². The molecular weight excluding hydrogens is 795 g/mol. The molecule has 316 valence electrons. The van der Waals surface area contributed by atoms with Crippen LogP contribution in [0.15, 0.2) is 119 Å². The Morgan fingerprint density at radius 2 is 1.77 bits per heavy atom. The fraction of sp³-hybridized carbons (Fsp3) is 0.320. The number of anilines is 1. The van der Waals surface area contributed by atoms with E-state index in [2.05, 4.69) is 129 Å². The number of ether oxygens (including phenoxy) is 2. The molecule has 1 unspecified atom stereocenters. The summed E-state index contributed by atoms with van der Waals surface area (Å²) < 4.78 is 20.3. The summed E-state index contributed by atoms with van der Waals surface area (Å²) in [7, 11) is 0. The largest absolute Gasteiger partial charge is 0.508 e. The number of benzene rings is 4. The normalized spacial score (nSPS) is 19.8. The quantitative estimate of drug-likeness (QED) is 0.124. The molecule has 7 aromatic rings. The molecule has 0 saturated carbocycles. The van der Waals surface area contributed by atoms with Crippen molar-refractivity contribution in [3.8, 4) is 16.5 Å². The van der Waals surface area contributed by atoms with Gasteiger partial charge in [0.25, 0.3) is 0 Å². The summed E-state index contributed by atoms with van der Waals surface area (Å²) in [6.07, 6.45) is 5.80. The van der Waals surface area contributed by atoms with Crippen LogP contribution in [0, 0.1) is 20.8 Å². The molecule has 4 aromatic carbocycles. The number of phenolic OH excluding ortho intramolecular Hbond substituents is 1. The third-order valence-corrected chi connectivity index (χ3v) is 13.9. The molecule has 10 rings (SSSR count). The Hall–Kier alpha value is -6.08. The molecule has 2 N–H and O–H groups in total. The standard InChI is InChI=1S/C50H51N7O4S/c1-31-32(2)62-50-46(31)48(53-44(28-45-51-21-24-61-45)49-55-54-33(3)57(49)50)36-9-14-38(15-10-36)52-29-41-30-56(23-26-60-41)22-25-59-40-17-11-35(12-18-40)47-42(34-7-5-4-6-8-34)19-13-37-27-39(58)16-20-43(37)47/h4-12,14-18,20-21,24,27,41-42,44,47,52,58H,13,19,22-23,25-26,28-30H2,1-3H3/t41-,42-,44?,47+/m1/s1. The van der Waals surface area contributed by atoms with Gasteiger partial charge in [0, 0.05) is 53.8 Å². The van der Waals surface area contributed by atoms with Crippen molar-refractivity contribution in [2.45, 2.75) is 64.0 Å². The van der Waals surface area contributed by atoms with Crippen LogP contribution in [0.3, 0.4) is 0 Å². The van der Waals surface area contributed by atoms with E-state index in [1.165, 1.54) is 32.7 Å². The summed E-state index contributed by atoms with van der Waals surface area (Å²) in [5.41, 5.74) is 10.5. The number of nitrogens with zero attached hydrogens (tertiary/aromatic N) is 6. The van der Waals surface area contributed by atoms with E-state index < -0.39 is 0 Å². The van der Waals surface area contributed by atoms with Crippen molar-refractivity contribution in [1.82, 2.24) is 24.6 Å². The molecule has 0 amide bonds. The number of thiophene rings is 1. The Morgan fingerprint density at radius 3 is 2.58 bits per heavy atom. The lowest BCUT2D eigenvalue weighted by molar-refractivity contribution is -0.0241. The molecule has 1 saturated heterocycles. The van der Waals surface area contributed by atoms with Gasteiger partial charge < -0.3 is 24.3 Å². The van der Waals surface area contributed by atoms with Gasteiger partial charge in [-0.25, -0.2) is 4.98 Å².